The van der Waals surface area contributed by atoms with Crippen LogP contribution in [0, 0.1) is 22.9 Å². The third kappa shape index (κ3) is 8.22. The van der Waals surface area contributed by atoms with E-state index in [4.69, 9.17) is 29.9 Å². The van der Waals surface area contributed by atoms with Gasteiger partial charge in [-0.1, -0.05) is 150 Å². The number of hydrogen-bond donors (Lipinski definition) is 2. The first-order valence-electron chi connectivity index (χ1n) is 22.3. The lowest BCUT2D eigenvalue weighted by atomic mass is 9.85. The summed E-state index contributed by atoms with van der Waals surface area (Å²) >= 11 is 0. The third-order valence-corrected chi connectivity index (χ3v) is 13.5. The molecule has 0 aliphatic carbocycles. The summed E-state index contributed by atoms with van der Waals surface area (Å²) in [6, 6.07) is 23.9. The number of nitrogens with one attached hydrogen (secondary N) is 2. The molecule has 0 amide bonds. The Morgan fingerprint density at radius 1 is 0.375 bits per heavy atom. The van der Waals surface area contributed by atoms with Crippen molar-refractivity contribution in [2.24, 2.45) is 0 Å². The molecule has 3 aromatic heterocycles. The van der Waals surface area contributed by atoms with Crippen LogP contribution < -0.4 is 0 Å². The van der Waals surface area contributed by atoms with Gasteiger partial charge in [-0.25, -0.2) is 29.9 Å². The molecule has 0 spiro atoms. The normalized spacial score (nSPS) is 13.0. The second-order valence-corrected chi connectivity index (χ2v) is 32.1. The van der Waals surface area contributed by atoms with Gasteiger partial charge in [0, 0.05) is 54.9 Å². The van der Waals surface area contributed by atoms with Crippen LogP contribution in [0.4, 0.5) is 0 Å². The first kappa shape index (κ1) is 43.1. The zero-order chi connectivity index (χ0) is 45.9. The first-order valence-corrected chi connectivity index (χ1v) is 29.3. The average Bonchev–Trinajstić information content (AvgIpc) is 3.92. The molecular weight excluding hydrogens is 817 g/mol. The van der Waals surface area contributed by atoms with E-state index in [1.54, 1.807) is 0 Å². The fourth-order valence-electron chi connectivity index (χ4n) is 7.96. The Bertz CT molecular complexity index is 3420. The molecule has 0 saturated carbocycles. The maximum atomic E-state index is 5.41. The first-order chi connectivity index (χ1) is 29.8. The Hall–Kier alpha value is -6.21. The molecule has 322 valence electrons. The molecule has 2 N–H and O–H groups in total. The smallest absolute Gasteiger partial charge is 0.164 e. The lowest BCUT2D eigenvalue weighted by Gasteiger charge is -2.19. The number of benzene rings is 4. The van der Waals surface area contributed by atoms with Crippen LogP contribution in [0.15, 0.2) is 66.7 Å². The Kier molecular flexibility index (Phi) is 9.87. The van der Waals surface area contributed by atoms with Gasteiger partial charge in [-0.3, -0.25) is 0 Å². The minimum Gasteiger partial charge on any atom is -0.324 e. The molecule has 8 nitrogen and oxygen atoms in total. The molecule has 0 unspecified atom stereocenters. The highest BCUT2D eigenvalue weighted by Crippen LogP contribution is 2.41. The van der Waals surface area contributed by atoms with E-state index in [9.17, 15) is 0 Å². The molecule has 0 atom stereocenters. The van der Waals surface area contributed by atoms with E-state index in [2.05, 4.69) is 201 Å². The van der Waals surface area contributed by atoms with Crippen LogP contribution in [0.25, 0.3) is 89.7 Å². The van der Waals surface area contributed by atoms with Gasteiger partial charge < -0.3 is 9.97 Å². The van der Waals surface area contributed by atoms with E-state index in [-0.39, 0.29) is 16.2 Å². The van der Waals surface area contributed by atoms with Gasteiger partial charge in [-0.15, -0.1) is 11.1 Å². The summed E-state index contributed by atoms with van der Waals surface area (Å²) in [4.78, 5) is 39.4. The van der Waals surface area contributed by atoms with Gasteiger partial charge in [0.2, 0.25) is 0 Å². The van der Waals surface area contributed by atoms with Crippen molar-refractivity contribution in [3.63, 3.8) is 0 Å². The lowest BCUT2D eigenvalue weighted by Crippen LogP contribution is -2.17. The SMILES string of the molecule is CC(C)(C)c1ccc2c(c1)-c1nc-2nc2nc(nc3[nH]c(nc4[nH]c(n1)c1cc(C(C)(C)C)ccc41)c1cc(C(C)(C)C)ccc31)-c1cc(C#C[Si](C)(C)C)c(C#C[Si](C)(C)C)cc1-2. The van der Waals surface area contributed by atoms with Gasteiger partial charge in [-0.2, -0.15) is 0 Å². The molecule has 5 heterocycles. The van der Waals surface area contributed by atoms with Crippen molar-refractivity contribution < 1.29 is 0 Å². The molecule has 0 saturated heterocycles. The van der Waals surface area contributed by atoms with E-state index in [1.807, 2.05) is 0 Å². The van der Waals surface area contributed by atoms with E-state index in [1.165, 1.54) is 16.7 Å². The summed E-state index contributed by atoms with van der Waals surface area (Å²) in [7, 11) is -3.49. The maximum absolute atomic E-state index is 5.41. The van der Waals surface area contributed by atoms with Crippen molar-refractivity contribution in [1.82, 2.24) is 39.9 Å². The van der Waals surface area contributed by atoms with E-state index < -0.39 is 16.1 Å². The van der Waals surface area contributed by atoms with Gasteiger partial charge in [0.25, 0.3) is 0 Å². The van der Waals surface area contributed by atoms with Crippen LogP contribution in [-0.2, 0) is 16.2 Å². The summed E-state index contributed by atoms with van der Waals surface area (Å²) in [5.41, 5.74) is 18.5. The second-order valence-electron chi connectivity index (χ2n) is 22.6. The van der Waals surface area contributed by atoms with Crippen LogP contribution in [0.2, 0.25) is 39.3 Å². The van der Waals surface area contributed by atoms with Gasteiger partial charge in [0.15, 0.2) is 23.3 Å². The van der Waals surface area contributed by atoms with Gasteiger partial charge in [-0.05, 0) is 63.3 Å². The Morgan fingerprint density at radius 2 is 0.719 bits per heavy atom. The molecule has 9 rings (SSSR count). The van der Waals surface area contributed by atoms with Crippen LogP contribution in [0.5, 0.6) is 0 Å². The quantitative estimate of drug-likeness (QED) is 0.116. The van der Waals surface area contributed by atoms with Crippen LogP contribution in [-0.4, -0.2) is 56.0 Å². The minimum atomic E-state index is -1.74. The van der Waals surface area contributed by atoms with E-state index in [0.717, 1.165) is 54.9 Å². The number of fused-ring (bicyclic) bond motifs is 20. The fraction of sp³-hybridized carbons (Fsp3) is 0.333. The van der Waals surface area contributed by atoms with E-state index in [0.29, 0.717) is 45.9 Å². The van der Waals surface area contributed by atoms with Gasteiger partial charge >= 0.3 is 0 Å². The van der Waals surface area contributed by atoms with Crippen molar-refractivity contribution in [3.8, 4) is 68.5 Å². The fourth-order valence-corrected chi connectivity index (χ4v) is 8.98. The topological polar surface area (TPSA) is 109 Å². The number of aromatic amines is 2. The zero-order valence-corrected chi connectivity index (χ0v) is 42.0. The molecule has 0 radical (unpaired) electrons. The molecule has 0 fully saturated rings. The van der Waals surface area contributed by atoms with Crippen molar-refractivity contribution in [1.29, 1.82) is 0 Å². The molecule has 8 bridgehead atoms. The van der Waals surface area contributed by atoms with Gasteiger partial charge in [0.1, 0.15) is 38.7 Å². The average molecular weight is 875 g/mol. The van der Waals surface area contributed by atoms with E-state index >= 15 is 0 Å². The predicted molar refractivity (Wildman–Crippen MR) is 273 cm³/mol. The third-order valence-electron chi connectivity index (χ3n) is 11.7. The highest BCUT2D eigenvalue weighted by atomic mass is 28.3. The Balaban J connectivity index is 1.47. The summed E-state index contributed by atoms with van der Waals surface area (Å²) in [5, 5.41) is 3.85. The standard InChI is InChI=1S/C54H58N8Si2/c1-52(2,3)33-16-19-36-41(28-33)49-57-44(36)55-47-39-26-31(22-24-63(10,11)12)32(23-25-64(13,14)15)27-40(39)48(61-47)56-45-37-20-17-34(53(4,5)6)29-42(37)50(59-45)62-51-43-30-35(54(7,8)9)18-21-38(43)46(58-49)60-51/h16-21,26-30H,1-15H3,(H2,55,56,57,58,59,60,61,62). The molecule has 4 aromatic carbocycles. The van der Waals surface area contributed by atoms with Crippen molar-refractivity contribution in [2.45, 2.75) is 118 Å². The summed E-state index contributed by atoms with van der Waals surface area (Å²) in [6.07, 6.45) is 0. The Labute approximate surface area is 379 Å². The number of H-pyrrole nitrogens is 2. The molecule has 2 aliphatic heterocycles. The van der Waals surface area contributed by atoms with Crippen molar-refractivity contribution in [3.05, 3.63) is 94.5 Å². The predicted octanol–water partition coefficient (Wildman–Crippen LogP) is 13.2. The van der Waals surface area contributed by atoms with Crippen LogP contribution >= 0.6 is 0 Å². The highest BCUT2D eigenvalue weighted by molar-refractivity contribution is 6.84. The van der Waals surface area contributed by atoms with Gasteiger partial charge in [0.05, 0.1) is 0 Å². The van der Waals surface area contributed by atoms with Crippen molar-refractivity contribution >= 4 is 60.3 Å². The number of hydrogen-bond acceptors (Lipinski definition) is 6. The molecular formula is C54H58N8Si2. The minimum absolute atomic E-state index is 0.0839. The van der Waals surface area contributed by atoms with Crippen molar-refractivity contribution in [2.75, 3.05) is 0 Å². The van der Waals surface area contributed by atoms with Crippen LogP contribution in [0.1, 0.15) is 90.1 Å². The zero-order valence-electron chi connectivity index (χ0n) is 40.0. The molecule has 7 aromatic rings. The largest absolute Gasteiger partial charge is 0.324 e. The molecule has 64 heavy (non-hydrogen) atoms. The monoisotopic (exact) mass is 874 g/mol. The second kappa shape index (κ2) is 14.7. The number of rotatable bonds is 0. The lowest BCUT2D eigenvalue weighted by molar-refractivity contribution is 0.590. The maximum Gasteiger partial charge on any atom is 0.164 e. The highest BCUT2D eigenvalue weighted by Gasteiger charge is 2.28. The summed E-state index contributed by atoms with van der Waals surface area (Å²) in [6.45, 7) is 33.6. The summed E-state index contributed by atoms with van der Waals surface area (Å²) in [5.74, 6) is 9.30. The molecule has 10 heteroatoms. The molecule has 2 aliphatic rings. The summed E-state index contributed by atoms with van der Waals surface area (Å²) < 4.78 is 0. The van der Waals surface area contributed by atoms with Crippen LogP contribution in [0.3, 0.4) is 0 Å². The Morgan fingerprint density at radius 3 is 1.16 bits per heavy atom. The number of nitrogens with zero attached hydrogens (tertiary/aromatic N) is 6. The number of aromatic nitrogens is 8.